The third-order valence-corrected chi connectivity index (χ3v) is 4.79. The lowest BCUT2D eigenvalue weighted by Crippen LogP contribution is -2.26. The lowest BCUT2D eigenvalue weighted by molar-refractivity contribution is 0.195. The minimum Gasteiger partial charge on any atom is -0.383 e. The standard InChI is InChI=1S/C12H23N5OS/c1-9(13-6-7-18-2)12-14-15-16-17(12)10-4-5-11(8-10)19-3/h9-11,13H,4-8H2,1-3H3. The van der Waals surface area contributed by atoms with Crippen molar-refractivity contribution in [2.24, 2.45) is 0 Å². The highest BCUT2D eigenvalue weighted by atomic mass is 32.2. The summed E-state index contributed by atoms with van der Waals surface area (Å²) in [4.78, 5) is 0. The molecule has 1 aromatic heterocycles. The summed E-state index contributed by atoms with van der Waals surface area (Å²) in [5, 5.41) is 16.4. The molecule has 1 heterocycles. The van der Waals surface area contributed by atoms with Crippen LogP contribution in [0, 0.1) is 0 Å². The number of ether oxygens (including phenoxy) is 1. The van der Waals surface area contributed by atoms with Gasteiger partial charge in [-0.25, -0.2) is 4.68 Å². The second kappa shape index (κ2) is 7.21. The van der Waals surface area contributed by atoms with Crippen LogP contribution in [0.3, 0.4) is 0 Å². The van der Waals surface area contributed by atoms with Crippen LogP contribution in [0.15, 0.2) is 0 Å². The second-order valence-electron chi connectivity index (χ2n) is 4.97. The zero-order chi connectivity index (χ0) is 13.7. The molecular weight excluding hydrogens is 262 g/mol. The molecule has 0 saturated heterocycles. The third-order valence-electron chi connectivity index (χ3n) is 3.70. The summed E-state index contributed by atoms with van der Waals surface area (Å²) in [6.07, 6.45) is 5.79. The van der Waals surface area contributed by atoms with Gasteiger partial charge in [-0.1, -0.05) is 0 Å². The first-order valence-electron chi connectivity index (χ1n) is 6.79. The van der Waals surface area contributed by atoms with E-state index in [0.717, 1.165) is 17.6 Å². The van der Waals surface area contributed by atoms with E-state index in [1.165, 1.54) is 19.3 Å². The van der Waals surface area contributed by atoms with Crippen LogP contribution in [0.2, 0.25) is 0 Å². The Kier molecular flexibility index (Phi) is 5.59. The predicted molar refractivity (Wildman–Crippen MR) is 76.3 cm³/mol. The number of hydrogen-bond donors (Lipinski definition) is 1. The number of tetrazole rings is 1. The molecule has 1 fully saturated rings. The highest BCUT2D eigenvalue weighted by Crippen LogP contribution is 2.36. The molecule has 6 nitrogen and oxygen atoms in total. The minimum absolute atomic E-state index is 0.151. The van der Waals surface area contributed by atoms with Crippen molar-refractivity contribution in [2.75, 3.05) is 26.5 Å². The Morgan fingerprint density at radius 3 is 3.05 bits per heavy atom. The summed E-state index contributed by atoms with van der Waals surface area (Å²) in [6, 6.07) is 0.604. The molecule has 1 aliphatic rings. The summed E-state index contributed by atoms with van der Waals surface area (Å²) in [7, 11) is 1.71. The predicted octanol–water partition coefficient (Wildman–Crippen LogP) is 1.43. The van der Waals surface area contributed by atoms with Gasteiger partial charge in [-0.05, 0) is 42.9 Å². The van der Waals surface area contributed by atoms with Gasteiger partial charge in [0, 0.05) is 18.9 Å². The molecule has 1 saturated carbocycles. The molecule has 0 radical (unpaired) electrons. The number of aromatic nitrogens is 4. The fourth-order valence-electron chi connectivity index (χ4n) is 2.57. The van der Waals surface area contributed by atoms with Crippen LogP contribution in [0.1, 0.15) is 44.1 Å². The van der Waals surface area contributed by atoms with E-state index in [1.807, 2.05) is 16.4 Å². The van der Waals surface area contributed by atoms with Crippen molar-refractivity contribution >= 4 is 11.8 Å². The van der Waals surface area contributed by atoms with Gasteiger partial charge in [0.1, 0.15) is 0 Å². The smallest absolute Gasteiger partial charge is 0.168 e. The first-order chi connectivity index (χ1) is 9.26. The SMILES string of the molecule is COCCNC(C)c1nnnn1C1CCC(SC)C1. The molecule has 3 unspecified atom stereocenters. The van der Waals surface area contributed by atoms with Gasteiger partial charge in [0.05, 0.1) is 18.7 Å². The summed E-state index contributed by atoms with van der Waals surface area (Å²) >= 11 is 1.95. The number of hydrogen-bond acceptors (Lipinski definition) is 6. The van der Waals surface area contributed by atoms with Crippen molar-refractivity contribution in [1.29, 1.82) is 0 Å². The highest BCUT2D eigenvalue weighted by Gasteiger charge is 2.29. The molecule has 108 valence electrons. The van der Waals surface area contributed by atoms with E-state index in [4.69, 9.17) is 4.74 Å². The minimum atomic E-state index is 0.151. The van der Waals surface area contributed by atoms with Crippen LogP contribution in [0.4, 0.5) is 0 Å². The van der Waals surface area contributed by atoms with Gasteiger partial charge in [0.25, 0.3) is 0 Å². The van der Waals surface area contributed by atoms with Gasteiger partial charge in [0.15, 0.2) is 5.82 Å². The number of thioether (sulfide) groups is 1. The summed E-state index contributed by atoms with van der Waals surface area (Å²) in [5.74, 6) is 0.933. The molecule has 3 atom stereocenters. The Hall–Kier alpha value is -0.660. The van der Waals surface area contributed by atoms with E-state index in [0.29, 0.717) is 12.6 Å². The van der Waals surface area contributed by atoms with Crippen molar-refractivity contribution < 1.29 is 4.74 Å². The number of nitrogens with one attached hydrogen (secondary N) is 1. The van der Waals surface area contributed by atoms with E-state index >= 15 is 0 Å². The van der Waals surface area contributed by atoms with Gasteiger partial charge in [-0.2, -0.15) is 11.8 Å². The second-order valence-corrected chi connectivity index (χ2v) is 6.11. The Morgan fingerprint density at radius 2 is 2.37 bits per heavy atom. The molecule has 0 bridgehead atoms. The molecule has 19 heavy (non-hydrogen) atoms. The van der Waals surface area contributed by atoms with Gasteiger partial charge >= 0.3 is 0 Å². The zero-order valence-electron chi connectivity index (χ0n) is 11.9. The van der Waals surface area contributed by atoms with Gasteiger partial charge in [-0.3, -0.25) is 0 Å². The fourth-order valence-corrected chi connectivity index (χ4v) is 3.35. The van der Waals surface area contributed by atoms with Crippen molar-refractivity contribution in [1.82, 2.24) is 25.5 Å². The van der Waals surface area contributed by atoms with Crippen molar-refractivity contribution in [3.8, 4) is 0 Å². The molecule has 0 spiro atoms. The van der Waals surface area contributed by atoms with Crippen molar-refractivity contribution in [3.63, 3.8) is 0 Å². The summed E-state index contributed by atoms with van der Waals surface area (Å²) in [6.45, 7) is 3.60. The third kappa shape index (κ3) is 3.67. The molecular formula is C12H23N5OS. The Bertz CT molecular complexity index is 386. The average molecular weight is 285 g/mol. The summed E-state index contributed by atoms with van der Waals surface area (Å²) in [5.41, 5.74) is 0. The largest absolute Gasteiger partial charge is 0.383 e. The van der Waals surface area contributed by atoms with Gasteiger partial charge in [0.2, 0.25) is 0 Å². The molecule has 2 rings (SSSR count). The van der Waals surface area contributed by atoms with Crippen LogP contribution in [0.5, 0.6) is 0 Å². The normalized spacial score (nSPS) is 24.8. The van der Waals surface area contributed by atoms with Crippen molar-refractivity contribution in [2.45, 2.75) is 43.5 Å². The van der Waals surface area contributed by atoms with Gasteiger partial charge in [-0.15, -0.1) is 5.10 Å². The number of methoxy groups -OCH3 is 1. The van der Waals surface area contributed by atoms with E-state index in [2.05, 4.69) is 34.0 Å². The van der Waals surface area contributed by atoms with Crippen LogP contribution in [-0.2, 0) is 4.74 Å². The Morgan fingerprint density at radius 1 is 1.53 bits per heavy atom. The maximum absolute atomic E-state index is 5.04. The first kappa shape index (κ1) is 14.7. The molecule has 0 amide bonds. The zero-order valence-corrected chi connectivity index (χ0v) is 12.7. The maximum atomic E-state index is 5.04. The van der Waals surface area contributed by atoms with Gasteiger partial charge < -0.3 is 10.1 Å². The topological polar surface area (TPSA) is 64.9 Å². The van der Waals surface area contributed by atoms with Crippen LogP contribution in [-0.4, -0.2) is 52.0 Å². The first-order valence-corrected chi connectivity index (χ1v) is 8.08. The molecule has 1 aliphatic carbocycles. The Balaban J connectivity index is 1.97. The molecule has 0 aromatic carbocycles. The van der Waals surface area contributed by atoms with Crippen molar-refractivity contribution in [3.05, 3.63) is 5.82 Å². The van der Waals surface area contributed by atoms with Crippen LogP contribution in [0.25, 0.3) is 0 Å². The monoisotopic (exact) mass is 285 g/mol. The van der Waals surface area contributed by atoms with E-state index < -0.39 is 0 Å². The molecule has 7 heteroatoms. The lowest BCUT2D eigenvalue weighted by Gasteiger charge is -2.17. The quantitative estimate of drug-likeness (QED) is 0.765. The van der Waals surface area contributed by atoms with Crippen LogP contribution >= 0.6 is 11.8 Å². The number of rotatable bonds is 7. The van der Waals surface area contributed by atoms with E-state index in [1.54, 1.807) is 7.11 Å². The van der Waals surface area contributed by atoms with E-state index in [-0.39, 0.29) is 6.04 Å². The van der Waals surface area contributed by atoms with Crippen LogP contribution < -0.4 is 5.32 Å². The molecule has 0 aliphatic heterocycles. The maximum Gasteiger partial charge on any atom is 0.168 e. The average Bonchev–Trinajstić information content (AvgIpc) is 3.07. The highest BCUT2D eigenvalue weighted by molar-refractivity contribution is 7.99. The molecule has 1 N–H and O–H groups in total. The molecule has 1 aromatic rings. The fraction of sp³-hybridized carbons (Fsp3) is 0.917. The van der Waals surface area contributed by atoms with E-state index in [9.17, 15) is 0 Å². The number of nitrogens with zero attached hydrogens (tertiary/aromatic N) is 4. The Labute approximate surface area is 118 Å². The lowest BCUT2D eigenvalue weighted by atomic mass is 10.2. The summed E-state index contributed by atoms with van der Waals surface area (Å²) < 4.78 is 7.06.